The number of hydrogen-bond donors (Lipinski definition) is 0. The number of benzene rings is 3. The van der Waals surface area contributed by atoms with Gasteiger partial charge in [-0.2, -0.15) is 0 Å². The fraction of sp³-hybridized carbons (Fsp3) is 0.419. The van der Waals surface area contributed by atoms with Crippen LogP contribution in [0.5, 0.6) is 0 Å². The Bertz CT molecular complexity index is 1090. The molecule has 0 saturated heterocycles. The topological polar surface area (TPSA) is 54.0 Å². The summed E-state index contributed by atoms with van der Waals surface area (Å²) in [7, 11) is -5.93. The van der Waals surface area contributed by atoms with Crippen LogP contribution >= 0.6 is 19.4 Å². The van der Waals surface area contributed by atoms with E-state index in [0.29, 0.717) is 33.0 Å². The summed E-state index contributed by atoms with van der Waals surface area (Å²) in [6.45, 7) is 12.6. The molecule has 0 aromatic heterocycles. The minimum absolute atomic E-state index is 0.0652. The van der Waals surface area contributed by atoms with Crippen molar-refractivity contribution in [1.82, 2.24) is 0 Å². The van der Waals surface area contributed by atoms with Gasteiger partial charge in [0.15, 0.2) is 0 Å². The molecule has 3 aromatic carbocycles. The molecule has 0 fully saturated rings. The molecule has 0 saturated carbocycles. The predicted octanol–water partition coefficient (Wildman–Crippen LogP) is 7.11. The van der Waals surface area contributed by atoms with E-state index < -0.39 is 15.9 Å². The lowest BCUT2D eigenvalue weighted by Gasteiger charge is -2.43. The molecule has 3 rings (SSSR count). The fourth-order valence-electron chi connectivity index (χ4n) is 4.71. The summed E-state index contributed by atoms with van der Waals surface area (Å²) in [5.74, 6) is 0. The number of rotatable bonds is 16. The molecule has 0 heterocycles. The Hall–Kier alpha value is -1.70. The molecule has 3 aromatic rings. The highest BCUT2D eigenvalue weighted by Crippen LogP contribution is 2.51. The summed E-state index contributed by atoms with van der Waals surface area (Å²) >= 11 is 1.54. The Morgan fingerprint density at radius 2 is 1.26 bits per heavy atom. The average Bonchev–Trinajstić information content (AvgIpc) is 2.93. The molecule has 0 amide bonds. The van der Waals surface area contributed by atoms with E-state index in [-0.39, 0.29) is 15.8 Å². The molecule has 39 heavy (non-hydrogen) atoms. The van der Waals surface area contributed by atoms with Gasteiger partial charge in [-0.25, -0.2) is 0 Å². The van der Waals surface area contributed by atoms with Crippen LogP contribution in [0.25, 0.3) is 0 Å². The van der Waals surface area contributed by atoms with Crippen LogP contribution in [0.4, 0.5) is 0 Å². The maximum Gasteiger partial charge on any atom is 0.340 e. The van der Waals surface area contributed by atoms with Gasteiger partial charge in [0.2, 0.25) is 0 Å². The molecular weight excluding hydrogens is 543 g/mol. The lowest BCUT2D eigenvalue weighted by atomic mass is 10.2. The van der Waals surface area contributed by atoms with Gasteiger partial charge in [-0.05, 0) is 34.8 Å². The van der Waals surface area contributed by atoms with E-state index in [0.717, 1.165) is 5.56 Å². The summed E-state index contributed by atoms with van der Waals surface area (Å²) in [5, 5.41) is 2.25. The number of ether oxygens (including phenoxy) is 1. The van der Waals surface area contributed by atoms with Crippen molar-refractivity contribution in [1.29, 1.82) is 0 Å². The third-order valence-electron chi connectivity index (χ3n) is 6.44. The Labute approximate surface area is 240 Å². The van der Waals surface area contributed by atoms with Gasteiger partial charge in [0.1, 0.15) is 0 Å². The van der Waals surface area contributed by atoms with E-state index >= 15 is 0 Å². The van der Waals surface area contributed by atoms with Gasteiger partial charge in [-0.15, -0.1) is 11.8 Å². The van der Waals surface area contributed by atoms with E-state index in [4.69, 9.17) is 18.2 Å². The van der Waals surface area contributed by atoms with Crippen LogP contribution in [-0.2, 0) is 29.4 Å². The second kappa shape index (κ2) is 15.3. The monoisotopic (exact) mass is 586 g/mol. The van der Waals surface area contributed by atoms with E-state index in [1.54, 1.807) is 11.8 Å². The second-order valence-corrected chi connectivity index (χ2v) is 18.4. The van der Waals surface area contributed by atoms with E-state index in [1.165, 1.54) is 10.4 Å². The lowest BCUT2D eigenvalue weighted by molar-refractivity contribution is 0.110. The lowest BCUT2D eigenvalue weighted by Crippen LogP contribution is -2.67. The van der Waals surface area contributed by atoms with Crippen molar-refractivity contribution in [3.63, 3.8) is 0 Å². The molecule has 212 valence electrons. The third kappa shape index (κ3) is 8.89. The van der Waals surface area contributed by atoms with E-state index in [1.807, 2.05) is 44.2 Å². The van der Waals surface area contributed by atoms with Crippen LogP contribution in [-0.4, -0.2) is 45.5 Å². The molecule has 0 aliphatic carbocycles. The van der Waals surface area contributed by atoms with Crippen molar-refractivity contribution >= 4 is 38.0 Å². The molecule has 8 heteroatoms. The van der Waals surface area contributed by atoms with Crippen LogP contribution in [0.15, 0.2) is 91.0 Å². The van der Waals surface area contributed by atoms with Crippen molar-refractivity contribution in [3.05, 3.63) is 96.6 Å². The summed E-state index contributed by atoms with van der Waals surface area (Å²) in [5.41, 5.74) is 1.36. The van der Waals surface area contributed by atoms with Gasteiger partial charge >= 0.3 is 7.60 Å². The maximum atomic E-state index is 13.3. The molecule has 1 atom stereocenters. The Morgan fingerprint density at radius 3 is 1.72 bits per heavy atom. The Balaban J connectivity index is 1.89. The summed E-state index contributed by atoms with van der Waals surface area (Å²) in [4.78, 5) is 0. The Kier molecular flexibility index (Phi) is 12.5. The predicted molar refractivity (Wildman–Crippen MR) is 167 cm³/mol. The zero-order valence-electron chi connectivity index (χ0n) is 23.9. The standard InChI is InChI=1S/C31H43O5PSSi/c1-6-34-37(32,35-7-2)26-38-28(24-33-23-27-17-11-8-12-18-27)25-36-39(31(3,4)5,29-19-13-9-14-20-29)30-21-15-10-16-22-30/h8-22,28H,6-7,23-26H2,1-5H3/t28-/m0/s1. The van der Waals surface area contributed by atoms with Crippen molar-refractivity contribution in [2.45, 2.75) is 51.5 Å². The van der Waals surface area contributed by atoms with Crippen LogP contribution in [0.2, 0.25) is 5.04 Å². The maximum absolute atomic E-state index is 13.3. The zero-order valence-corrected chi connectivity index (χ0v) is 26.6. The van der Waals surface area contributed by atoms with E-state index in [9.17, 15) is 4.57 Å². The molecule has 5 nitrogen and oxygen atoms in total. The fourth-order valence-corrected chi connectivity index (χ4v) is 12.8. The first kappa shape index (κ1) is 31.8. The first-order valence-electron chi connectivity index (χ1n) is 13.6. The minimum Gasteiger partial charge on any atom is -0.406 e. The largest absolute Gasteiger partial charge is 0.406 e. The van der Waals surface area contributed by atoms with Gasteiger partial charge in [0, 0.05) is 6.61 Å². The second-order valence-electron chi connectivity index (χ2n) is 10.3. The van der Waals surface area contributed by atoms with Gasteiger partial charge in [-0.3, -0.25) is 4.57 Å². The van der Waals surface area contributed by atoms with Crippen LogP contribution in [0.3, 0.4) is 0 Å². The first-order valence-corrected chi connectivity index (χ1v) is 18.3. The first-order chi connectivity index (χ1) is 18.7. The third-order valence-corrected chi connectivity index (χ3v) is 15.4. The SMILES string of the molecule is CCOP(=O)(CS[C@@H](COCc1ccccc1)CO[Si](c1ccccc1)(c1ccccc1)C(C)(C)C)OCC. The van der Waals surface area contributed by atoms with Crippen molar-refractivity contribution < 1.29 is 22.8 Å². The zero-order chi connectivity index (χ0) is 28.2. The summed E-state index contributed by atoms with van der Waals surface area (Å²) in [6.07, 6.45) is 0. The molecule has 0 bridgehead atoms. The molecule has 0 spiro atoms. The van der Waals surface area contributed by atoms with Crippen molar-refractivity contribution in [3.8, 4) is 0 Å². The molecule has 0 radical (unpaired) electrons. The summed E-state index contributed by atoms with van der Waals surface area (Å²) < 4.78 is 37.8. The van der Waals surface area contributed by atoms with Crippen LogP contribution in [0, 0.1) is 0 Å². The molecule has 0 aliphatic heterocycles. The molecular formula is C31H43O5PSSi. The molecule has 0 unspecified atom stereocenters. The summed E-state index contributed by atoms with van der Waals surface area (Å²) in [6, 6.07) is 31.3. The number of hydrogen-bond acceptors (Lipinski definition) is 6. The minimum atomic E-state index is -3.21. The molecule has 0 N–H and O–H groups in total. The van der Waals surface area contributed by atoms with Gasteiger partial charge in [0.05, 0.1) is 37.2 Å². The quantitative estimate of drug-likeness (QED) is 0.132. The highest BCUT2D eigenvalue weighted by atomic mass is 32.2. The number of thioether (sulfide) groups is 1. The van der Waals surface area contributed by atoms with Crippen LogP contribution < -0.4 is 10.4 Å². The van der Waals surface area contributed by atoms with Gasteiger partial charge in [-0.1, -0.05) is 112 Å². The van der Waals surface area contributed by atoms with Crippen molar-refractivity contribution in [2.24, 2.45) is 0 Å². The highest BCUT2D eigenvalue weighted by Gasteiger charge is 2.50. The smallest absolute Gasteiger partial charge is 0.340 e. The van der Waals surface area contributed by atoms with Crippen molar-refractivity contribution in [2.75, 3.05) is 31.9 Å². The molecule has 0 aliphatic rings. The average molecular weight is 587 g/mol. The van der Waals surface area contributed by atoms with Crippen LogP contribution in [0.1, 0.15) is 40.2 Å². The normalized spacial score (nSPS) is 13.4. The Morgan fingerprint density at radius 1 is 0.769 bits per heavy atom. The highest BCUT2D eigenvalue weighted by molar-refractivity contribution is 8.05. The van der Waals surface area contributed by atoms with Gasteiger partial charge in [0.25, 0.3) is 8.32 Å². The van der Waals surface area contributed by atoms with E-state index in [2.05, 4.69) is 81.4 Å². The van der Waals surface area contributed by atoms with Gasteiger partial charge < -0.3 is 18.2 Å².